The normalized spacial score (nSPS) is 24.2. The van der Waals surface area contributed by atoms with Gasteiger partial charge in [-0.15, -0.1) is 11.8 Å². The maximum Gasteiger partial charge on any atom is 0.253 e. The summed E-state index contributed by atoms with van der Waals surface area (Å²) >= 11 is 1.65. The SMILES string of the molecule is CC(C)(O)c1nc(N2C[C@H]3CSC(NC(=O)c4ccccc4)N[C@@]3(c3ccccc3)C2)ncc1F. The van der Waals surface area contributed by atoms with Crippen LogP contribution in [0.15, 0.2) is 66.9 Å². The van der Waals surface area contributed by atoms with Crippen LogP contribution in [0.3, 0.4) is 0 Å². The zero-order valence-electron chi connectivity index (χ0n) is 19.6. The largest absolute Gasteiger partial charge is 0.384 e. The summed E-state index contributed by atoms with van der Waals surface area (Å²) in [4.78, 5) is 23.5. The van der Waals surface area contributed by atoms with Crippen molar-refractivity contribution >= 4 is 23.6 Å². The lowest BCUT2D eigenvalue weighted by atomic mass is 9.81. The lowest BCUT2D eigenvalue weighted by Crippen LogP contribution is -2.61. The number of rotatable bonds is 5. The van der Waals surface area contributed by atoms with Gasteiger partial charge in [0.25, 0.3) is 5.91 Å². The van der Waals surface area contributed by atoms with Crippen LogP contribution in [-0.2, 0) is 11.1 Å². The first-order valence-corrected chi connectivity index (χ1v) is 12.6. The van der Waals surface area contributed by atoms with Crippen LogP contribution in [0.2, 0.25) is 0 Å². The average Bonchev–Trinajstić information content (AvgIpc) is 3.25. The van der Waals surface area contributed by atoms with Crippen LogP contribution in [0.4, 0.5) is 10.3 Å². The quantitative estimate of drug-likeness (QED) is 0.503. The molecule has 0 bridgehead atoms. The summed E-state index contributed by atoms with van der Waals surface area (Å²) in [7, 11) is 0. The van der Waals surface area contributed by atoms with Crippen molar-refractivity contribution in [1.29, 1.82) is 0 Å². The maximum absolute atomic E-state index is 14.3. The number of hydrogen-bond donors (Lipinski definition) is 3. The molecule has 2 fully saturated rings. The van der Waals surface area contributed by atoms with E-state index in [0.29, 0.717) is 24.6 Å². The van der Waals surface area contributed by atoms with E-state index in [0.717, 1.165) is 17.5 Å². The Kier molecular flexibility index (Phi) is 6.25. The first-order chi connectivity index (χ1) is 16.8. The topological polar surface area (TPSA) is 90.4 Å². The van der Waals surface area contributed by atoms with Gasteiger partial charge in [0.15, 0.2) is 5.82 Å². The lowest BCUT2D eigenvalue weighted by molar-refractivity contribution is 0.0693. The lowest BCUT2D eigenvalue weighted by Gasteiger charge is -2.43. The molecule has 0 saturated carbocycles. The number of aromatic nitrogens is 2. The van der Waals surface area contributed by atoms with E-state index in [4.69, 9.17) is 0 Å². The summed E-state index contributed by atoms with van der Waals surface area (Å²) in [6.07, 6.45) is 1.12. The van der Waals surface area contributed by atoms with Crippen molar-refractivity contribution in [3.63, 3.8) is 0 Å². The predicted molar refractivity (Wildman–Crippen MR) is 134 cm³/mol. The van der Waals surface area contributed by atoms with E-state index in [1.165, 1.54) is 13.8 Å². The first-order valence-electron chi connectivity index (χ1n) is 11.6. The number of hydrogen-bond acceptors (Lipinski definition) is 7. The van der Waals surface area contributed by atoms with Gasteiger partial charge in [-0.1, -0.05) is 48.5 Å². The van der Waals surface area contributed by atoms with Crippen molar-refractivity contribution in [1.82, 2.24) is 20.6 Å². The van der Waals surface area contributed by atoms with E-state index in [1.54, 1.807) is 23.9 Å². The molecular formula is C26H28FN5O2S. The molecule has 9 heteroatoms. The highest BCUT2D eigenvalue weighted by atomic mass is 32.2. The Morgan fingerprint density at radius 3 is 2.57 bits per heavy atom. The number of halogens is 1. The van der Waals surface area contributed by atoms with E-state index in [1.807, 2.05) is 41.3 Å². The Morgan fingerprint density at radius 1 is 1.20 bits per heavy atom. The monoisotopic (exact) mass is 493 g/mol. The molecule has 2 aliphatic rings. The number of anilines is 1. The molecule has 1 amide bonds. The number of carbonyl (C=O) groups excluding carboxylic acids is 1. The molecule has 2 saturated heterocycles. The van der Waals surface area contributed by atoms with Gasteiger partial charge in [-0.3, -0.25) is 10.1 Å². The Balaban J connectivity index is 1.45. The van der Waals surface area contributed by atoms with Crippen molar-refractivity contribution in [2.75, 3.05) is 23.7 Å². The zero-order chi connectivity index (χ0) is 24.6. The van der Waals surface area contributed by atoms with Gasteiger partial charge in [0.05, 0.1) is 11.7 Å². The second-order valence-corrected chi connectivity index (χ2v) is 10.7. The zero-order valence-corrected chi connectivity index (χ0v) is 20.4. The fraction of sp³-hybridized carbons (Fsp3) is 0.346. The summed E-state index contributed by atoms with van der Waals surface area (Å²) in [5, 5.41) is 17.2. The van der Waals surface area contributed by atoms with Crippen LogP contribution in [0.5, 0.6) is 0 Å². The molecule has 5 rings (SSSR count). The highest BCUT2D eigenvalue weighted by molar-refractivity contribution is 7.99. The summed E-state index contributed by atoms with van der Waals surface area (Å²) in [6.45, 7) is 4.22. The molecule has 182 valence electrons. The van der Waals surface area contributed by atoms with Gasteiger partial charge in [-0.05, 0) is 31.5 Å². The van der Waals surface area contributed by atoms with Gasteiger partial charge < -0.3 is 15.3 Å². The number of nitrogens with one attached hydrogen (secondary N) is 2. The molecule has 3 aromatic rings. The van der Waals surface area contributed by atoms with Crippen LogP contribution in [0.25, 0.3) is 0 Å². The molecule has 2 aliphatic heterocycles. The number of carbonyl (C=O) groups is 1. The van der Waals surface area contributed by atoms with Gasteiger partial charge in [0.1, 0.15) is 16.8 Å². The molecule has 0 aliphatic carbocycles. The van der Waals surface area contributed by atoms with Crippen LogP contribution < -0.4 is 15.5 Å². The fourth-order valence-electron chi connectivity index (χ4n) is 4.87. The summed E-state index contributed by atoms with van der Waals surface area (Å²) in [5.74, 6) is 0.609. The van der Waals surface area contributed by atoms with Crippen LogP contribution in [-0.4, -0.2) is 45.3 Å². The van der Waals surface area contributed by atoms with Crippen LogP contribution in [0.1, 0.15) is 35.5 Å². The van der Waals surface area contributed by atoms with E-state index in [2.05, 4.69) is 32.7 Å². The molecule has 2 aromatic carbocycles. The Hall–Kier alpha value is -3.01. The smallest absolute Gasteiger partial charge is 0.253 e. The van der Waals surface area contributed by atoms with E-state index in [-0.39, 0.29) is 23.0 Å². The third-order valence-corrected chi connectivity index (χ3v) is 7.78. The van der Waals surface area contributed by atoms with Gasteiger partial charge in [-0.2, -0.15) is 0 Å². The fourth-order valence-corrected chi connectivity index (χ4v) is 6.17. The second-order valence-electron chi connectivity index (χ2n) is 9.54. The van der Waals surface area contributed by atoms with Crippen molar-refractivity contribution in [3.05, 3.63) is 89.5 Å². The van der Waals surface area contributed by atoms with Crippen molar-refractivity contribution in [2.24, 2.45) is 5.92 Å². The van der Waals surface area contributed by atoms with E-state index in [9.17, 15) is 14.3 Å². The standard InChI is InChI=1S/C26H28FN5O2S/c1-25(2,34)21-20(27)13-28-23(29-21)32-14-19-15-35-24(30-22(33)17-9-5-3-6-10-17)31-26(19,16-32)18-11-7-4-8-12-18/h3-13,19,24,31,34H,14-16H2,1-2H3,(H,30,33)/t19-,24?,26+/m0/s1. The maximum atomic E-state index is 14.3. The molecule has 1 unspecified atom stereocenters. The molecule has 3 heterocycles. The molecule has 3 atom stereocenters. The van der Waals surface area contributed by atoms with Crippen molar-refractivity contribution in [2.45, 2.75) is 30.5 Å². The second kappa shape index (κ2) is 9.22. The Bertz CT molecular complexity index is 1210. The molecule has 1 aromatic heterocycles. The summed E-state index contributed by atoms with van der Waals surface area (Å²) in [5.41, 5.74) is -0.490. The number of fused-ring (bicyclic) bond motifs is 1. The number of aliphatic hydroxyl groups is 1. The van der Waals surface area contributed by atoms with Crippen molar-refractivity contribution < 1.29 is 14.3 Å². The molecule has 7 nitrogen and oxygen atoms in total. The highest BCUT2D eigenvalue weighted by Gasteiger charge is 2.52. The van der Waals surface area contributed by atoms with Gasteiger partial charge in [0, 0.05) is 30.3 Å². The third kappa shape index (κ3) is 4.63. The Labute approximate surface area is 208 Å². The molecule has 0 spiro atoms. The third-order valence-electron chi connectivity index (χ3n) is 6.61. The average molecular weight is 494 g/mol. The minimum absolute atomic E-state index is 0.0264. The number of nitrogens with zero attached hydrogens (tertiary/aromatic N) is 3. The van der Waals surface area contributed by atoms with Gasteiger partial charge in [-0.25, -0.2) is 14.4 Å². The van der Waals surface area contributed by atoms with Gasteiger partial charge in [0.2, 0.25) is 5.95 Å². The van der Waals surface area contributed by atoms with Crippen LogP contribution in [0, 0.1) is 11.7 Å². The van der Waals surface area contributed by atoms with E-state index >= 15 is 0 Å². The summed E-state index contributed by atoms with van der Waals surface area (Å²) in [6, 6.07) is 19.3. The van der Waals surface area contributed by atoms with Gasteiger partial charge >= 0.3 is 0 Å². The highest BCUT2D eigenvalue weighted by Crippen LogP contribution is 2.44. The Morgan fingerprint density at radius 2 is 1.89 bits per heavy atom. The number of benzene rings is 2. The minimum Gasteiger partial charge on any atom is -0.384 e. The molecule has 35 heavy (non-hydrogen) atoms. The first kappa shape index (κ1) is 23.7. The van der Waals surface area contributed by atoms with Crippen LogP contribution >= 0.6 is 11.8 Å². The minimum atomic E-state index is -1.42. The predicted octanol–water partition coefficient (Wildman–Crippen LogP) is 3.22. The van der Waals surface area contributed by atoms with Crippen molar-refractivity contribution in [3.8, 4) is 0 Å². The summed E-state index contributed by atoms with van der Waals surface area (Å²) < 4.78 is 14.3. The number of amides is 1. The molecule has 0 radical (unpaired) electrons. The van der Waals surface area contributed by atoms with E-state index < -0.39 is 17.0 Å². The number of thioether (sulfide) groups is 1. The molecular weight excluding hydrogens is 465 g/mol. The molecule has 3 N–H and O–H groups in total.